The van der Waals surface area contributed by atoms with Gasteiger partial charge in [0.2, 0.25) is 6.10 Å². The molecule has 1 atom stereocenters. The Hall–Kier alpha value is -1.85. The fourth-order valence-corrected chi connectivity index (χ4v) is 1.47. The van der Waals surface area contributed by atoms with Gasteiger partial charge < -0.3 is 14.5 Å². The van der Waals surface area contributed by atoms with Crippen LogP contribution >= 0.6 is 0 Å². The quantitative estimate of drug-likeness (QED) is 0.785. The van der Waals surface area contributed by atoms with E-state index in [1.54, 1.807) is 6.20 Å². The molecule has 6 heteroatoms. The molecule has 0 amide bonds. The Morgan fingerprint density at radius 2 is 2.60 bits per heavy atom. The average molecular weight is 209 g/mol. The van der Waals surface area contributed by atoms with E-state index in [2.05, 4.69) is 10.1 Å². The number of carboxylic acids is 1. The Morgan fingerprint density at radius 3 is 3.20 bits per heavy atom. The monoisotopic (exact) mass is 209 g/mol. The lowest BCUT2D eigenvalue weighted by Crippen LogP contribution is -2.20. The predicted octanol–water partition coefficient (Wildman–Crippen LogP) is 0.481. The first-order valence-electron chi connectivity index (χ1n) is 4.69. The van der Waals surface area contributed by atoms with Crippen LogP contribution in [0.15, 0.2) is 17.5 Å². The molecular formula is C9H11N3O3. The highest BCUT2D eigenvalue weighted by molar-refractivity contribution is 6.00. The van der Waals surface area contributed by atoms with Crippen molar-refractivity contribution in [3.05, 3.63) is 18.2 Å². The second-order valence-electron chi connectivity index (χ2n) is 3.21. The van der Waals surface area contributed by atoms with Crippen LogP contribution in [0.3, 0.4) is 0 Å². The third-order valence-electron chi connectivity index (χ3n) is 2.26. The van der Waals surface area contributed by atoms with Crippen molar-refractivity contribution in [1.29, 1.82) is 0 Å². The number of carbonyl (C=O) groups is 1. The minimum atomic E-state index is -0.997. The predicted molar refractivity (Wildman–Crippen MR) is 51.6 cm³/mol. The second kappa shape index (κ2) is 3.72. The average Bonchev–Trinajstić information content (AvgIpc) is 2.85. The summed E-state index contributed by atoms with van der Waals surface area (Å²) in [5.41, 5.74) is 0.592. The largest absolute Gasteiger partial charge is 0.478 e. The molecule has 1 aromatic rings. The standard InChI is InChI=1S/C9H11N3O3/c1-2-12-4-3-10-8(12)6-5-7(9(13)14)15-11-6/h3-4,7H,2,5H2,1H3,(H,13,14). The minimum absolute atomic E-state index is 0.270. The van der Waals surface area contributed by atoms with E-state index < -0.39 is 12.1 Å². The topological polar surface area (TPSA) is 76.7 Å². The van der Waals surface area contributed by atoms with E-state index in [1.807, 2.05) is 17.7 Å². The highest BCUT2D eigenvalue weighted by Gasteiger charge is 2.30. The molecule has 6 nitrogen and oxygen atoms in total. The summed E-state index contributed by atoms with van der Waals surface area (Å²) in [7, 11) is 0. The Kier molecular flexibility index (Phi) is 2.40. The van der Waals surface area contributed by atoms with Gasteiger partial charge in [-0.25, -0.2) is 9.78 Å². The molecule has 0 aliphatic carbocycles. The Morgan fingerprint density at radius 1 is 1.80 bits per heavy atom. The molecular weight excluding hydrogens is 198 g/mol. The molecule has 0 aromatic carbocycles. The molecule has 80 valence electrons. The molecule has 0 spiro atoms. The maximum Gasteiger partial charge on any atom is 0.348 e. The van der Waals surface area contributed by atoms with E-state index in [9.17, 15) is 4.79 Å². The number of nitrogens with zero attached hydrogens (tertiary/aromatic N) is 3. The third-order valence-corrected chi connectivity index (χ3v) is 2.26. The zero-order valence-electron chi connectivity index (χ0n) is 8.25. The normalized spacial score (nSPS) is 19.8. The smallest absolute Gasteiger partial charge is 0.348 e. The van der Waals surface area contributed by atoms with Gasteiger partial charge in [0.1, 0.15) is 5.71 Å². The zero-order chi connectivity index (χ0) is 10.8. The number of aryl methyl sites for hydroxylation is 1. The van der Waals surface area contributed by atoms with Gasteiger partial charge in [0.05, 0.1) is 0 Å². The van der Waals surface area contributed by atoms with E-state index in [4.69, 9.17) is 9.94 Å². The number of hydrogen-bond acceptors (Lipinski definition) is 4. The van der Waals surface area contributed by atoms with Gasteiger partial charge in [0, 0.05) is 25.4 Å². The first-order chi connectivity index (χ1) is 7.22. The molecule has 1 N–H and O–H groups in total. The molecule has 2 rings (SSSR count). The van der Waals surface area contributed by atoms with Crippen LogP contribution in [0.2, 0.25) is 0 Å². The molecule has 0 fully saturated rings. The molecule has 1 aliphatic heterocycles. The molecule has 1 aliphatic rings. The summed E-state index contributed by atoms with van der Waals surface area (Å²) in [5.74, 6) is -0.315. The maximum atomic E-state index is 10.6. The van der Waals surface area contributed by atoms with Gasteiger partial charge in [-0.05, 0) is 6.92 Å². The lowest BCUT2D eigenvalue weighted by molar-refractivity contribution is -0.148. The fraction of sp³-hybridized carbons (Fsp3) is 0.444. The Balaban J connectivity index is 2.17. The van der Waals surface area contributed by atoms with Crippen LogP contribution in [0.1, 0.15) is 19.2 Å². The van der Waals surface area contributed by atoms with Gasteiger partial charge in [0.25, 0.3) is 0 Å². The van der Waals surface area contributed by atoms with Crippen LogP contribution in [0.4, 0.5) is 0 Å². The third kappa shape index (κ3) is 1.70. The van der Waals surface area contributed by atoms with Gasteiger partial charge in [-0.15, -0.1) is 0 Å². The summed E-state index contributed by atoms with van der Waals surface area (Å²) < 4.78 is 1.90. The molecule has 2 heterocycles. The maximum absolute atomic E-state index is 10.6. The first-order valence-corrected chi connectivity index (χ1v) is 4.69. The van der Waals surface area contributed by atoms with Crippen molar-refractivity contribution in [2.45, 2.75) is 26.0 Å². The summed E-state index contributed by atoms with van der Waals surface area (Å²) in [6.07, 6.45) is 2.88. The number of oxime groups is 1. The van der Waals surface area contributed by atoms with E-state index in [0.29, 0.717) is 11.5 Å². The summed E-state index contributed by atoms with van der Waals surface area (Å²) in [4.78, 5) is 19.6. The lowest BCUT2D eigenvalue weighted by Gasteiger charge is -2.02. The highest BCUT2D eigenvalue weighted by Crippen LogP contribution is 2.15. The van der Waals surface area contributed by atoms with Crippen molar-refractivity contribution in [2.24, 2.45) is 5.16 Å². The van der Waals surface area contributed by atoms with Crippen molar-refractivity contribution in [1.82, 2.24) is 9.55 Å². The van der Waals surface area contributed by atoms with E-state index in [0.717, 1.165) is 6.54 Å². The number of rotatable bonds is 3. The molecule has 0 bridgehead atoms. The van der Waals surface area contributed by atoms with Crippen molar-refractivity contribution in [3.8, 4) is 0 Å². The fourth-order valence-electron chi connectivity index (χ4n) is 1.47. The molecule has 1 unspecified atom stereocenters. The highest BCUT2D eigenvalue weighted by atomic mass is 16.7. The Bertz CT molecular complexity index is 410. The van der Waals surface area contributed by atoms with Crippen molar-refractivity contribution < 1.29 is 14.7 Å². The first kappa shape index (κ1) is 9.70. The molecule has 0 saturated carbocycles. The number of carboxylic acid groups (broad SMARTS) is 1. The second-order valence-corrected chi connectivity index (χ2v) is 3.21. The Labute approximate surface area is 86.2 Å². The van der Waals surface area contributed by atoms with E-state index in [-0.39, 0.29) is 6.42 Å². The molecule has 15 heavy (non-hydrogen) atoms. The van der Waals surface area contributed by atoms with Gasteiger partial charge in [0.15, 0.2) is 5.82 Å². The van der Waals surface area contributed by atoms with Gasteiger partial charge in [-0.1, -0.05) is 5.16 Å². The molecule has 0 saturated heterocycles. The van der Waals surface area contributed by atoms with Gasteiger partial charge >= 0.3 is 5.97 Å². The van der Waals surface area contributed by atoms with Crippen LogP contribution in [0.5, 0.6) is 0 Å². The number of hydrogen-bond donors (Lipinski definition) is 1. The molecule has 1 aromatic heterocycles. The van der Waals surface area contributed by atoms with Gasteiger partial charge in [-0.3, -0.25) is 0 Å². The van der Waals surface area contributed by atoms with Crippen LogP contribution in [0.25, 0.3) is 0 Å². The van der Waals surface area contributed by atoms with Crippen molar-refractivity contribution >= 4 is 11.7 Å². The summed E-state index contributed by atoms with van der Waals surface area (Å²) >= 11 is 0. The van der Waals surface area contributed by atoms with Crippen LogP contribution in [0, 0.1) is 0 Å². The number of aromatic nitrogens is 2. The van der Waals surface area contributed by atoms with Crippen molar-refractivity contribution in [3.63, 3.8) is 0 Å². The SMILES string of the molecule is CCn1ccnc1C1=NOC(C(=O)O)C1. The number of imidazole rings is 1. The number of aliphatic carboxylic acids is 1. The minimum Gasteiger partial charge on any atom is -0.478 e. The van der Waals surface area contributed by atoms with Crippen molar-refractivity contribution in [2.75, 3.05) is 0 Å². The zero-order valence-corrected chi connectivity index (χ0v) is 8.25. The van der Waals surface area contributed by atoms with Crippen LogP contribution in [-0.4, -0.2) is 32.4 Å². The summed E-state index contributed by atoms with van der Waals surface area (Å²) in [6, 6.07) is 0. The van der Waals surface area contributed by atoms with E-state index >= 15 is 0 Å². The molecule has 0 radical (unpaired) electrons. The van der Waals surface area contributed by atoms with Crippen LogP contribution in [-0.2, 0) is 16.2 Å². The summed E-state index contributed by atoms with van der Waals surface area (Å²) in [5, 5.41) is 12.5. The van der Waals surface area contributed by atoms with E-state index in [1.165, 1.54) is 0 Å². The van der Waals surface area contributed by atoms with Gasteiger partial charge in [-0.2, -0.15) is 0 Å². The lowest BCUT2D eigenvalue weighted by atomic mass is 10.2. The summed E-state index contributed by atoms with van der Waals surface area (Å²) in [6.45, 7) is 2.75. The van der Waals surface area contributed by atoms with Crippen LogP contribution < -0.4 is 0 Å².